The molecule has 0 saturated carbocycles. The van der Waals surface area contributed by atoms with Crippen LogP contribution in [0.25, 0.3) is 0 Å². The van der Waals surface area contributed by atoms with Gasteiger partial charge in [0.1, 0.15) is 0 Å². The molecule has 0 amide bonds. The Labute approximate surface area is 155 Å². The van der Waals surface area contributed by atoms with E-state index in [4.69, 9.17) is 0 Å². The molecule has 11 heavy (non-hydrogen) atoms. The van der Waals surface area contributed by atoms with Crippen molar-refractivity contribution in [3.05, 3.63) is 0 Å². The van der Waals surface area contributed by atoms with E-state index in [-0.39, 0.29) is 157 Å². The first-order chi connectivity index (χ1) is 0. The Hall–Kier alpha value is 4.07. The predicted molar refractivity (Wildman–Crippen MR) is 46.1 cm³/mol. The fourth-order valence-electron chi connectivity index (χ4n) is 0. The van der Waals surface area contributed by atoms with Gasteiger partial charge in [-0.1, -0.05) is 0 Å². The summed E-state index contributed by atoms with van der Waals surface area (Å²) in [5.74, 6) is 0. The first-order valence-electron chi connectivity index (χ1n) is 0. The summed E-state index contributed by atoms with van der Waals surface area (Å²) in [5.41, 5.74) is 0. The molecule has 0 aliphatic carbocycles. The summed E-state index contributed by atoms with van der Waals surface area (Å²) in [4.78, 5) is 0. The molecule has 0 atom stereocenters. The number of halogens is 8. The fraction of sp³-hybridized carbons (Fsp3) is 0. The second kappa shape index (κ2) is 145. The van der Waals surface area contributed by atoms with E-state index in [1.165, 1.54) is 0 Å². The van der Waals surface area contributed by atoms with Crippen molar-refractivity contribution in [3.63, 3.8) is 0 Å². The molecule has 72 valence electrons. The molecule has 0 nitrogen and oxygen atoms in total. The zero-order chi connectivity index (χ0) is 0. The van der Waals surface area contributed by atoms with E-state index >= 15 is 0 Å². The molecular formula is H8AlCl8NaSi. The number of hydrogen-bond donors (Lipinski definition) is 0. The molecule has 0 N–H and O–H groups in total. The summed E-state index contributed by atoms with van der Waals surface area (Å²) in [5, 5.41) is 0. The van der Waals surface area contributed by atoms with E-state index in [0.29, 0.717) is 0 Å². The Balaban J connectivity index is 0. The molecule has 0 aromatic rings. The van der Waals surface area contributed by atoms with Crippen LogP contribution in [-0.4, -0.2) is 28.3 Å². The molecule has 0 radical (unpaired) electrons. The van der Waals surface area contributed by atoms with E-state index in [9.17, 15) is 0 Å². The number of hydrogen-bond acceptors (Lipinski definition) is 0. The van der Waals surface area contributed by atoms with Gasteiger partial charge in [-0.3, -0.25) is 0 Å². The SMILES string of the molecule is Cl.Cl.Cl.Cl.[Al+3].[Cl-].[Cl-].[Cl-].[Cl-].[Na+].[SiH4]. The molecule has 0 aliphatic heterocycles. The standard InChI is InChI=1S/Al.8ClH.Na.H4Si/h;8*1H;;1H4/q+3;;;;;;;;;+1;/p-4. The number of rotatable bonds is 0. The van der Waals surface area contributed by atoms with Crippen molar-refractivity contribution >= 4 is 78.0 Å². The topological polar surface area (TPSA) is 0 Å². The molecule has 0 aromatic heterocycles. The monoisotopic (exact) mass is 366 g/mol. The molecule has 0 rings (SSSR count). The Morgan fingerprint density at radius 2 is 0.455 bits per heavy atom. The Bertz CT molecular complexity index is 14.1. The van der Waals surface area contributed by atoms with Crippen molar-refractivity contribution in [2.75, 3.05) is 0 Å². The summed E-state index contributed by atoms with van der Waals surface area (Å²) in [6.45, 7) is 0. The molecule has 0 heterocycles. The molecule has 0 aromatic carbocycles. The van der Waals surface area contributed by atoms with Crippen molar-refractivity contribution in [3.8, 4) is 0 Å². The third kappa shape index (κ3) is 124. The van der Waals surface area contributed by atoms with Crippen LogP contribution in [0.4, 0.5) is 0 Å². The van der Waals surface area contributed by atoms with Crippen LogP contribution in [0.2, 0.25) is 0 Å². The van der Waals surface area contributed by atoms with Crippen molar-refractivity contribution in [1.82, 2.24) is 0 Å². The molecule has 11 heteroatoms. The van der Waals surface area contributed by atoms with Crippen LogP contribution in [0.5, 0.6) is 0 Å². The van der Waals surface area contributed by atoms with E-state index in [1.54, 1.807) is 0 Å². The van der Waals surface area contributed by atoms with Crippen molar-refractivity contribution in [1.29, 1.82) is 0 Å². The Morgan fingerprint density at radius 3 is 0.455 bits per heavy atom. The maximum atomic E-state index is 0. The first kappa shape index (κ1) is 180. The third-order valence-corrected chi connectivity index (χ3v) is 0. The van der Waals surface area contributed by atoms with Gasteiger partial charge in [0, 0.05) is 0 Å². The van der Waals surface area contributed by atoms with Gasteiger partial charge >= 0.3 is 46.9 Å². The second-order valence-corrected chi connectivity index (χ2v) is 0. The average Bonchev–Trinajstić information content (AvgIpc) is 0. The minimum Gasteiger partial charge on any atom is -1.00 e. The maximum Gasteiger partial charge on any atom is 3.00 e. The quantitative estimate of drug-likeness (QED) is 0.372. The summed E-state index contributed by atoms with van der Waals surface area (Å²) >= 11 is 0. The molecular weight excluding hydrogens is 362 g/mol. The zero-order valence-electron chi connectivity index (χ0n) is 4.72. The Morgan fingerprint density at radius 1 is 0.455 bits per heavy atom. The second-order valence-electron chi connectivity index (χ2n) is 0. The van der Waals surface area contributed by atoms with Crippen LogP contribution in [0.1, 0.15) is 0 Å². The summed E-state index contributed by atoms with van der Waals surface area (Å²) in [6.07, 6.45) is 0. The smallest absolute Gasteiger partial charge is 1.00 e. The minimum absolute atomic E-state index is 0. The van der Waals surface area contributed by atoms with Crippen LogP contribution in [0.3, 0.4) is 0 Å². The molecule has 0 fully saturated rings. The van der Waals surface area contributed by atoms with E-state index in [0.717, 1.165) is 0 Å². The molecule has 0 aliphatic rings. The summed E-state index contributed by atoms with van der Waals surface area (Å²) in [7, 11) is 0. The van der Waals surface area contributed by atoms with Gasteiger partial charge in [0.05, 0.1) is 0 Å². The molecule has 0 saturated heterocycles. The van der Waals surface area contributed by atoms with Crippen LogP contribution in [0, 0.1) is 0 Å². The normalized spacial score (nSPS) is 0. The minimum atomic E-state index is 0. The van der Waals surface area contributed by atoms with E-state index in [2.05, 4.69) is 0 Å². The fourth-order valence-corrected chi connectivity index (χ4v) is 0. The van der Waals surface area contributed by atoms with Gasteiger partial charge in [-0.05, 0) is 11.0 Å². The summed E-state index contributed by atoms with van der Waals surface area (Å²) in [6, 6.07) is 0. The van der Waals surface area contributed by atoms with Crippen LogP contribution < -0.4 is 79.2 Å². The van der Waals surface area contributed by atoms with Crippen molar-refractivity contribution in [2.45, 2.75) is 0 Å². The van der Waals surface area contributed by atoms with Crippen molar-refractivity contribution in [2.24, 2.45) is 0 Å². The molecule has 0 bridgehead atoms. The Kier molecular flexibility index (Phi) is 2380. The van der Waals surface area contributed by atoms with Gasteiger partial charge in [-0.25, -0.2) is 0 Å². The summed E-state index contributed by atoms with van der Waals surface area (Å²) < 4.78 is 0. The molecule has 0 unspecified atom stereocenters. The van der Waals surface area contributed by atoms with E-state index in [1.807, 2.05) is 0 Å². The maximum absolute atomic E-state index is 0. The molecule has 0 spiro atoms. The van der Waals surface area contributed by atoms with Crippen LogP contribution in [0.15, 0.2) is 0 Å². The first-order valence-corrected chi connectivity index (χ1v) is 0. The predicted octanol–water partition coefficient (Wildman–Crippen LogP) is -15.1. The van der Waals surface area contributed by atoms with Gasteiger partial charge in [-0.2, -0.15) is 0 Å². The van der Waals surface area contributed by atoms with Gasteiger partial charge in [0.25, 0.3) is 0 Å². The van der Waals surface area contributed by atoms with E-state index < -0.39 is 0 Å². The van der Waals surface area contributed by atoms with Gasteiger partial charge < -0.3 is 49.6 Å². The van der Waals surface area contributed by atoms with Crippen LogP contribution in [-0.2, 0) is 0 Å². The average molecular weight is 370 g/mol. The zero-order valence-corrected chi connectivity index (χ0v) is 14.2. The van der Waals surface area contributed by atoms with Gasteiger partial charge in [0.15, 0.2) is 0 Å². The van der Waals surface area contributed by atoms with Crippen molar-refractivity contribution < 1.29 is 79.2 Å². The van der Waals surface area contributed by atoms with Gasteiger partial charge in [0.2, 0.25) is 0 Å². The van der Waals surface area contributed by atoms with Crippen LogP contribution >= 0.6 is 49.6 Å². The third-order valence-electron chi connectivity index (χ3n) is 0. The largest absolute Gasteiger partial charge is 3.00 e. The van der Waals surface area contributed by atoms with Gasteiger partial charge in [-0.15, -0.1) is 49.6 Å².